The molecular weight excluding hydrogens is 224 g/mol. The Morgan fingerprint density at radius 2 is 1.29 bits per heavy atom. The van der Waals surface area contributed by atoms with Crippen molar-refractivity contribution in [2.75, 3.05) is 53.4 Å². The smallest absolute Gasteiger partial charge is 0.0701 e. The molecule has 0 spiro atoms. The number of aliphatic hydroxyl groups excluding tert-OH is 1. The lowest BCUT2D eigenvalue weighted by Gasteiger charge is -2.07. The standard InChI is InChI=1S/C12H26O5/c1-12(13)4-3-5-15-8-9-17-11-10-16-7-6-14-2/h12-13H,3-11H2,1-2H3. The second-order valence-corrected chi connectivity index (χ2v) is 3.82. The van der Waals surface area contributed by atoms with Crippen molar-refractivity contribution in [3.8, 4) is 0 Å². The molecule has 0 aliphatic heterocycles. The Kier molecular flexibility index (Phi) is 13.7. The molecule has 0 rings (SSSR count). The summed E-state index contributed by atoms with van der Waals surface area (Å²) in [5, 5.41) is 9.01. The summed E-state index contributed by atoms with van der Waals surface area (Å²) in [4.78, 5) is 0. The molecule has 0 saturated carbocycles. The summed E-state index contributed by atoms with van der Waals surface area (Å²) in [7, 11) is 1.65. The summed E-state index contributed by atoms with van der Waals surface area (Å²) in [6.07, 6.45) is 1.44. The summed E-state index contributed by atoms with van der Waals surface area (Å²) < 4.78 is 20.7. The van der Waals surface area contributed by atoms with E-state index < -0.39 is 0 Å². The zero-order chi connectivity index (χ0) is 12.8. The van der Waals surface area contributed by atoms with Gasteiger partial charge in [-0.25, -0.2) is 0 Å². The van der Waals surface area contributed by atoms with Crippen LogP contribution >= 0.6 is 0 Å². The number of hydrogen-bond acceptors (Lipinski definition) is 5. The summed E-state index contributed by atoms with van der Waals surface area (Å²) >= 11 is 0. The Morgan fingerprint density at radius 3 is 1.76 bits per heavy atom. The van der Waals surface area contributed by atoms with E-state index in [1.54, 1.807) is 14.0 Å². The minimum absolute atomic E-state index is 0.237. The van der Waals surface area contributed by atoms with Crippen LogP contribution in [0.2, 0.25) is 0 Å². The average molecular weight is 250 g/mol. The molecule has 0 saturated heterocycles. The second-order valence-electron chi connectivity index (χ2n) is 3.82. The first-order valence-corrected chi connectivity index (χ1v) is 6.17. The molecule has 5 nitrogen and oxygen atoms in total. The first-order chi connectivity index (χ1) is 8.27. The van der Waals surface area contributed by atoms with Crippen molar-refractivity contribution in [2.24, 2.45) is 0 Å². The first kappa shape index (κ1) is 16.8. The fourth-order valence-electron chi connectivity index (χ4n) is 1.16. The molecule has 17 heavy (non-hydrogen) atoms. The van der Waals surface area contributed by atoms with Crippen LogP contribution in [0.1, 0.15) is 19.8 Å². The molecule has 0 aromatic rings. The van der Waals surface area contributed by atoms with E-state index in [-0.39, 0.29) is 6.10 Å². The van der Waals surface area contributed by atoms with Gasteiger partial charge in [-0.2, -0.15) is 0 Å². The van der Waals surface area contributed by atoms with Gasteiger partial charge in [0.1, 0.15) is 0 Å². The molecule has 0 radical (unpaired) electrons. The lowest BCUT2D eigenvalue weighted by atomic mass is 10.2. The maximum Gasteiger partial charge on any atom is 0.0701 e. The number of aliphatic hydroxyl groups is 1. The van der Waals surface area contributed by atoms with Crippen LogP contribution in [0.15, 0.2) is 0 Å². The molecule has 1 atom stereocenters. The molecule has 0 aromatic heterocycles. The van der Waals surface area contributed by atoms with Crippen molar-refractivity contribution in [3.63, 3.8) is 0 Å². The summed E-state index contributed by atoms with van der Waals surface area (Å²) in [5.74, 6) is 0. The molecule has 1 N–H and O–H groups in total. The molecule has 1 unspecified atom stereocenters. The monoisotopic (exact) mass is 250 g/mol. The Labute approximate surface area is 104 Å². The molecule has 0 aliphatic rings. The third kappa shape index (κ3) is 15.8. The van der Waals surface area contributed by atoms with Gasteiger partial charge in [0.25, 0.3) is 0 Å². The molecule has 0 heterocycles. The zero-order valence-corrected chi connectivity index (χ0v) is 11.0. The normalized spacial score (nSPS) is 12.9. The van der Waals surface area contributed by atoms with E-state index in [1.165, 1.54) is 0 Å². The molecule has 0 aliphatic carbocycles. The van der Waals surface area contributed by atoms with Gasteiger partial charge >= 0.3 is 0 Å². The number of hydrogen-bond donors (Lipinski definition) is 1. The van der Waals surface area contributed by atoms with Crippen molar-refractivity contribution < 1.29 is 24.1 Å². The topological polar surface area (TPSA) is 57.2 Å². The Morgan fingerprint density at radius 1 is 0.824 bits per heavy atom. The van der Waals surface area contributed by atoms with E-state index >= 15 is 0 Å². The molecule has 104 valence electrons. The number of ether oxygens (including phenoxy) is 4. The average Bonchev–Trinajstić information content (AvgIpc) is 2.30. The molecular formula is C12H26O5. The van der Waals surface area contributed by atoms with Crippen LogP contribution in [0.5, 0.6) is 0 Å². The predicted octanol–water partition coefficient (Wildman–Crippen LogP) is 0.844. The first-order valence-electron chi connectivity index (χ1n) is 6.17. The molecule has 0 fully saturated rings. The van der Waals surface area contributed by atoms with Gasteiger partial charge in [-0.05, 0) is 19.8 Å². The van der Waals surface area contributed by atoms with Crippen LogP contribution in [0.3, 0.4) is 0 Å². The summed E-state index contributed by atoms with van der Waals surface area (Å²) in [6, 6.07) is 0. The van der Waals surface area contributed by atoms with Crippen molar-refractivity contribution in [1.29, 1.82) is 0 Å². The van der Waals surface area contributed by atoms with Crippen molar-refractivity contribution in [1.82, 2.24) is 0 Å². The highest BCUT2D eigenvalue weighted by molar-refractivity contribution is 4.46. The van der Waals surface area contributed by atoms with Crippen LogP contribution in [0.4, 0.5) is 0 Å². The third-order valence-corrected chi connectivity index (χ3v) is 2.09. The van der Waals surface area contributed by atoms with E-state index in [2.05, 4.69) is 0 Å². The molecule has 0 aromatic carbocycles. The minimum Gasteiger partial charge on any atom is -0.393 e. The van der Waals surface area contributed by atoms with E-state index in [9.17, 15) is 0 Å². The van der Waals surface area contributed by atoms with Gasteiger partial charge in [0.2, 0.25) is 0 Å². The largest absolute Gasteiger partial charge is 0.393 e. The van der Waals surface area contributed by atoms with Gasteiger partial charge in [0, 0.05) is 13.7 Å². The number of rotatable bonds is 13. The summed E-state index contributed by atoms with van der Waals surface area (Å²) in [6.45, 7) is 6.04. The fraction of sp³-hybridized carbons (Fsp3) is 1.00. The van der Waals surface area contributed by atoms with E-state index in [0.717, 1.165) is 12.8 Å². The highest BCUT2D eigenvalue weighted by Crippen LogP contribution is 1.95. The van der Waals surface area contributed by atoms with Gasteiger partial charge in [-0.3, -0.25) is 0 Å². The van der Waals surface area contributed by atoms with E-state index in [0.29, 0.717) is 46.2 Å². The van der Waals surface area contributed by atoms with Crippen molar-refractivity contribution in [2.45, 2.75) is 25.9 Å². The second kappa shape index (κ2) is 13.9. The van der Waals surface area contributed by atoms with Gasteiger partial charge in [0.05, 0.1) is 45.7 Å². The maximum atomic E-state index is 9.01. The Bertz CT molecular complexity index is 141. The van der Waals surface area contributed by atoms with Crippen LogP contribution in [-0.4, -0.2) is 64.6 Å². The van der Waals surface area contributed by atoms with Crippen LogP contribution in [-0.2, 0) is 18.9 Å². The fourth-order valence-corrected chi connectivity index (χ4v) is 1.16. The molecule has 0 amide bonds. The van der Waals surface area contributed by atoms with Crippen LogP contribution < -0.4 is 0 Å². The van der Waals surface area contributed by atoms with Crippen LogP contribution in [0.25, 0.3) is 0 Å². The lowest BCUT2D eigenvalue weighted by Crippen LogP contribution is -2.12. The summed E-state index contributed by atoms with van der Waals surface area (Å²) in [5.41, 5.74) is 0. The third-order valence-electron chi connectivity index (χ3n) is 2.09. The lowest BCUT2D eigenvalue weighted by molar-refractivity contribution is 0.00243. The zero-order valence-electron chi connectivity index (χ0n) is 11.0. The van der Waals surface area contributed by atoms with E-state index in [4.69, 9.17) is 24.1 Å². The van der Waals surface area contributed by atoms with E-state index in [1.807, 2.05) is 0 Å². The molecule has 0 bridgehead atoms. The van der Waals surface area contributed by atoms with Crippen molar-refractivity contribution in [3.05, 3.63) is 0 Å². The highest BCUT2D eigenvalue weighted by Gasteiger charge is 1.95. The van der Waals surface area contributed by atoms with Crippen LogP contribution in [0, 0.1) is 0 Å². The van der Waals surface area contributed by atoms with Gasteiger partial charge < -0.3 is 24.1 Å². The van der Waals surface area contributed by atoms with Crippen molar-refractivity contribution >= 4 is 0 Å². The van der Waals surface area contributed by atoms with Gasteiger partial charge in [-0.1, -0.05) is 0 Å². The Balaban J connectivity index is 2.89. The highest BCUT2D eigenvalue weighted by atomic mass is 16.6. The SMILES string of the molecule is COCCOCCOCCOCCCC(C)O. The van der Waals surface area contributed by atoms with Gasteiger partial charge in [0.15, 0.2) is 0 Å². The number of methoxy groups -OCH3 is 1. The molecule has 5 heteroatoms. The van der Waals surface area contributed by atoms with Gasteiger partial charge in [-0.15, -0.1) is 0 Å². The predicted molar refractivity (Wildman–Crippen MR) is 65.2 cm³/mol. The quantitative estimate of drug-likeness (QED) is 0.491. The maximum absolute atomic E-state index is 9.01. The minimum atomic E-state index is -0.237. The Hall–Kier alpha value is -0.200.